The van der Waals surface area contributed by atoms with Gasteiger partial charge in [-0.2, -0.15) is 0 Å². The van der Waals surface area contributed by atoms with Gasteiger partial charge in [0.1, 0.15) is 0 Å². The van der Waals surface area contributed by atoms with Gasteiger partial charge in [-0.1, -0.05) is 19.8 Å². The summed E-state index contributed by atoms with van der Waals surface area (Å²) >= 11 is 0. The molecule has 2 unspecified atom stereocenters. The molecule has 1 saturated heterocycles. The molecule has 2 atom stereocenters. The van der Waals surface area contributed by atoms with E-state index in [4.69, 9.17) is 6.42 Å². The van der Waals surface area contributed by atoms with Crippen molar-refractivity contribution in [3.63, 3.8) is 0 Å². The summed E-state index contributed by atoms with van der Waals surface area (Å²) in [5.74, 6) is 1.70. The van der Waals surface area contributed by atoms with E-state index in [0.717, 1.165) is 5.56 Å². The minimum Gasteiger partial charge on any atom is -0.274 e. The van der Waals surface area contributed by atoms with E-state index >= 15 is 0 Å². The van der Waals surface area contributed by atoms with Crippen LogP contribution in [0.3, 0.4) is 0 Å². The average Bonchev–Trinajstić information content (AvgIpc) is 2.54. The number of terminal acetylenes is 1. The summed E-state index contributed by atoms with van der Waals surface area (Å²) in [6, 6.07) is 6.86. The van der Waals surface area contributed by atoms with Gasteiger partial charge in [-0.3, -0.25) is 14.5 Å². The summed E-state index contributed by atoms with van der Waals surface area (Å²) in [6.07, 6.45) is 5.25. The van der Waals surface area contributed by atoms with Crippen molar-refractivity contribution in [2.45, 2.75) is 13.8 Å². The summed E-state index contributed by atoms with van der Waals surface area (Å²) in [4.78, 5) is 25.1. The van der Waals surface area contributed by atoms with Crippen molar-refractivity contribution < 1.29 is 9.59 Å². The first-order valence-electron chi connectivity index (χ1n) is 5.50. The van der Waals surface area contributed by atoms with Crippen molar-refractivity contribution >= 4 is 17.5 Å². The monoisotopic (exact) mass is 227 g/mol. The number of nitrogens with zero attached hydrogens (tertiary/aromatic N) is 1. The Bertz CT molecular complexity index is 490. The van der Waals surface area contributed by atoms with Gasteiger partial charge < -0.3 is 0 Å². The number of carbonyl (C=O) groups excluding carboxylic acids is 2. The number of benzene rings is 1. The third-order valence-electron chi connectivity index (χ3n) is 3.26. The first kappa shape index (κ1) is 11.4. The van der Waals surface area contributed by atoms with Crippen LogP contribution in [0.1, 0.15) is 19.4 Å². The Balaban J connectivity index is 2.37. The van der Waals surface area contributed by atoms with E-state index in [1.54, 1.807) is 38.1 Å². The maximum Gasteiger partial charge on any atom is 0.237 e. The lowest BCUT2D eigenvalue weighted by atomic mass is 10.00. The predicted molar refractivity (Wildman–Crippen MR) is 65.2 cm³/mol. The fourth-order valence-corrected chi connectivity index (χ4v) is 1.90. The number of carbonyl (C=O) groups is 2. The zero-order valence-corrected chi connectivity index (χ0v) is 9.81. The Hall–Kier alpha value is -2.08. The van der Waals surface area contributed by atoms with E-state index in [0.29, 0.717) is 5.69 Å². The Kier molecular flexibility index (Phi) is 2.72. The number of anilines is 1. The Labute approximate surface area is 100 Å². The van der Waals surface area contributed by atoms with Crippen LogP contribution < -0.4 is 4.90 Å². The molecule has 0 N–H and O–H groups in total. The lowest BCUT2D eigenvalue weighted by Crippen LogP contribution is -2.30. The van der Waals surface area contributed by atoms with Gasteiger partial charge in [0.2, 0.25) is 11.8 Å². The van der Waals surface area contributed by atoms with E-state index in [-0.39, 0.29) is 23.7 Å². The topological polar surface area (TPSA) is 37.4 Å². The Morgan fingerprint density at radius 2 is 1.53 bits per heavy atom. The highest BCUT2D eigenvalue weighted by Gasteiger charge is 2.42. The van der Waals surface area contributed by atoms with Gasteiger partial charge >= 0.3 is 0 Å². The normalized spacial score (nSPS) is 23.9. The highest BCUT2D eigenvalue weighted by atomic mass is 16.2. The van der Waals surface area contributed by atoms with Gasteiger partial charge in [0.15, 0.2) is 0 Å². The third kappa shape index (κ3) is 1.72. The van der Waals surface area contributed by atoms with Gasteiger partial charge in [-0.15, -0.1) is 6.42 Å². The number of hydrogen-bond donors (Lipinski definition) is 0. The van der Waals surface area contributed by atoms with Gasteiger partial charge in [0.25, 0.3) is 0 Å². The van der Waals surface area contributed by atoms with E-state index in [1.165, 1.54) is 4.90 Å². The molecule has 2 amide bonds. The Morgan fingerprint density at radius 1 is 1.06 bits per heavy atom. The highest BCUT2D eigenvalue weighted by Crippen LogP contribution is 2.30. The molecule has 0 bridgehead atoms. The number of rotatable bonds is 1. The number of imide groups is 1. The van der Waals surface area contributed by atoms with Crippen LogP contribution in [0.4, 0.5) is 5.69 Å². The molecular formula is C14H13NO2. The molecule has 0 radical (unpaired) electrons. The maximum atomic E-state index is 11.9. The summed E-state index contributed by atoms with van der Waals surface area (Å²) in [5.41, 5.74) is 1.32. The van der Waals surface area contributed by atoms with Gasteiger partial charge in [0.05, 0.1) is 5.69 Å². The van der Waals surface area contributed by atoms with Crippen LogP contribution >= 0.6 is 0 Å². The minimum absolute atomic E-state index is 0.143. The molecule has 2 rings (SSSR count). The summed E-state index contributed by atoms with van der Waals surface area (Å²) in [6.45, 7) is 3.56. The molecule has 0 aliphatic carbocycles. The van der Waals surface area contributed by atoms with Gasteiger partial charge in [-0.25, -0.2) is 0 Å². The van der Waals surface area contributed by atoms with E-state index in [1.807, 2.05) is 0 Å². The second kappa shape index (κ2) is 4.06. The lowest BCUT2D eigenvalue weighted by Gasteiger charge is -2.14. The van der Waals surface area contributed by atoms with Gasteiger partial charge in [-0.05, 0) is 24.3 Å². The molecule has 0 saturated carbocycles. The van der Waals surface area contributed by atoms with Gasteiger partial charge in [0, 0.05) is 17.4 Å². The molecule has 0 aromatic heterocycles. The van der Waals surface area contributed by atoms with Crippen molar-refractivity contribution in [2.24, 2.45) is 11.8 Å². The standard InChI is InChI=1S/C14H13NO2/c1-4-11-5-7-12(8-6-11)15-13(16)9(2)10(3)14(15)17/h1,5-10H,2-3H3. The van der Waals surface area contributed by atoms with Crippen molar-refractivity contribution in [3.05, 3.63) is 29.8 Å². The van der Waals surface area contributed by atoms with Crippen molar-refractivity contribution in [1.82, 2.24) is 0 Å². The molecule has 1 aromatic carbocycles. The van der Waals surface area contributed by atoms with Crippen LogP contribution in [-0.4, -0.2) is 11.8 Å². The molecule has 86 valence electrons. The number of hydrogen-bond acceptors (Lipinski definition) is 2. The fourth-order valence-electron chi connectivity index (χ4n) is 1.90. The minimum atomic E-state index is -0.255. The van der Waals surface area contributed by atoms with E-state index in [2.05, 4.69) is 5.92 Å². The van der Waals surface area contributed by atoms with Crippen LogP contribution in [0.2, 0.25) is 0 Å². The van der Waals surface area contributed by atoms with Crippen LogP contribution in [-0.2, 0) is 9.59 Å². The van der Waals surface area contributed by atoms with Crippen LogP contribution in [0.25, 0.3) is 0 Å². The SMILES string of the molecule is C#Cc1ccc(N2C(=O)C(C)C(C)C2=O)cc1. The quantitative estimate of drug-likeness (QED) is 0.542. The van der Waals surface area contributed by atoms with E-state index < -0.39 is 0 Å². The first-order chi connectivity index (χ1) is 8.06. The first-order valence-corrected chi connectivity index (χ1v) is 5.50. The van der Waals surface area contributed by atoms with Crippen LogP contribution in [0, 0.1) is 24.2 Å². The maximum absolute atomic E-state index is 11.9. The molecule has 1 aliphatic rings. The molecular weight excluding hydrogens is 214 g/mol. The van der Waals surface area contributed by atoms with E-state index in [9.17, 15) is 9.59 Å². The zero-order chi connectivity index (χ0) is 12.6. The highest BCUT2D eigenvalue weighted by molar-refractivity contribution is 6.21. The second-order valence-electron chi connectivity index (χ2n) is 4.28. The molecule has 1 heterocycles. The smallest absolute Gasteiger partial charge is 0.237 e. The lowest BCUT2D eigenvalue weighted by molar-refractivity contribution is -0.122. The van der Waals surface area contributed by atoms with Crippen LogP contribution in [0.15, 0.2) is 24.3 Å². The molecule has 3 heteroatoms. The molecule has 17 heavy (non-hydrogen) atoms. The summed E-state index contributed by atoms with van der Waals surface area (Å²) in [5, 5.41) is 0. The largest absolute Gasteiger partial charge is 0.274 e. The molecule has 3 nitrogen and oxygen atoms in total. The fraction of sp³-hybridized carbons (Fsp3) is 0.286. The average molecular weight is 227 g/mol. The Morgan fingerprint density at radius 3 is 1.94 bits per heavy atom. The van der Waals surface area contributed by atoms with Crippen molar-refractivity contribution in [1.29, 1.82) is 0 Å². The zero-order valence-electron chi connectivity index (χ0n) is 9.81. The summed E-state index contributed by atoms with van der Waals surface area (Å²) in [7, 11) is 0. The number of amides is 2. The molecule has 1 fully saturated rings. The summed E-state index contributed by atoms with van der Waals surface area (Å²) < 4.78 is 0. The molecule has 0 spiro atoms. The molecule has 1 aliphatic heterocycles. The predicted octanol–water partition coefficient (Wildman–Crippen LogP) is 1.81. The van der Waals surface area contributed by atoms with Crippen molar-refractivity contribution in [3.8, 4) is 12.3 Å². The molecule has 1 aromatic rings. The van der Waals surface area contributed by atoms with Crippen LogP contribution in [0.5, 0.6) is 0 Å². The second-order valence-corrected chi connectivity index (χ2v) is 4.28. The van der Waals surface area contributed by atoms with Crippen molar-refractivity contribution in [2.75, 3.05) is 4.90 Å². The third-order valence-corrected chi connectivity index (χ3v) is 3.26.